The van der Waals surface area contributed by atoms with Gasteiger partial charge in [0.2, 0.25) is 0 Å². The van der Waals surface area contributed by atoms with Crippen molar-refractivity contribution in [1.82, 2.24) is 20.3 Å². The van der Waals surface area contributed by atoms with Crippen molar-refractivity contribution < 1.29 is 4.79 Å². The number of nitrogens with one attached hydrogen (secondary N) is 2. The van der Waals surface area contributed by atoms with Gasteiger partial charge in [0.05, 0.1) is 17.3 Å². The number of nitrogen functional groups attached to an aromatic ring is 1. The van der Waals surface area contributed by atoms with Crippen LogP contribution in [-0.2, 0) is 6.54 Å². The van der Waals surface area contributed by atoms with Crippen molar-refractivity contribution in [3.8, 4) is 0 Å². The first-order chi connectivity index (χ1) is 9.20. The number of aromatic nitrogens is 3. The van der Waals surface area contributed by atoms with Crippen molar-refractivity contribution in [3.63, 3.8) is 0 Å². The predicted molar refractivity (Wildman–Crippen MR) is 70.3 cm³/mol. The fraction of sp³-hybridized carbons (Fsp3) is 0.0909. The highest BCUT2D eigenvalue weighted by atomic mass is 35.5. The Morgan fingerprint density at radius 2 is 2.21 bits per heavy atom. The van der Waals surface area contributed by atoms with Crippen LogP contribution in [0.2, 0.25) is 5.02 Å². The minimum Gasteiger partial charge on any atom is -0.345 e. The molecule has 0 bridgehead atoms. The van der Waals surface area contributed by atoms with E-state index in [4.69, 9.17) is 17.4 Å². The van der Waals surface area contributed by atoms with Gasteiger partial charge in [0.15, 0.2) is 0 Å². The van der Waals surface area contributed by atoms with Crippen LogP contribution >= 0.6 is 11.6 Å². The molecule has 0 spiro atoms. The highest BCUT2D eigenvalue weighted by Crippen LogP contribution is 2.16. The lowest BCUT2D eigenvalue weighted by Gasteiger charge is -2.07. The van der Waals surface area contributed by atoms with E-state index in [2.05, 4.69) is 25.7 Å². The second kappa shape index (κ2) is 6.07. The summed E-state index contributed by atoms with van der Waals surface area (Å²) in [7, 11) is 0. The molecule has 1 amide bonds. The summed E-state index contributed by atoms with van der Waals surface area (Å²) in [6.07, 6.45) is 3.00. The van der Waals surface area contributed by atoms with Gasteiger partial charge >= 0.3 is 0 Å². The SMILES string of the molecule is NNc1ccc(Cl)c(C(=O)NCc2ccncn2)n1. The highest BCUT2D eigenvalue weighted by Gasteiger charge is 2.12. The standard InChI is InChI=1S/C11H11ClN6O/c12-8-1-2-9(18-13)17-10(8)11(19)15-5-7-3-4-14-6-16-7/h1-4,6H,5,13H2,(H,15,19)(H,17,18). The maximum atomic E-state index is 11.9. The van der Waals surface area contributed by atoms with Crippen molar-refractivity contribution in [2.75, 3.05) is 5.43 Å². The van der Waals surface area contributed by atoms with Crippen LogP contribution in [0.15, 0.2) is 30.7 Å². The molecule has 0 unspecified atom stereocenters. The number of anilines is 1. The zero-order valence-electron chi connectivity index (χ0n) is 9.80. The van der Waals surface area contributed by atoms with Crippen LogP contribution in [0.1, 0.15) is 16.2 Å². The molecule has 2 heterocycles. The van der Waals surface area contributed by atoms with Crippen molar-refractivity contribution in [2.24, 2.45) is 5.84 Å². The lowest BCUT2D eigenvalue weighted by molar-refractivity contribution is 0.0945. The molecule has 0 atom stereocenters. The molecule has 0 aromatic carbocycles. The minimum absolute atomic E-state index is 0.103. The number of hydrogen-bond donors (Lipinski definition) is 3. The van der Waals surface area contributed by atoms with Crippen LogP contribution in [0.5, 0.6) is 0 Å². The third-order valence-corrected chi connectivity index (χ3v) is 2.59. The summed E-state index contributed by atoms with van der Waals surface area (Å²) in [5.41, 5.74) is 3.14. The zero-order valence-corrected chi connectivity index (χ0v) is 10.6. The number of carbonyl (C=O) groups excluding carboxylic acids is 1. The smallest absolute Gasteiger partial charge is 0.271 e. The third-order valence-electron chi connectivity index (χ3n) is 2.28. The second-order valence-electron chi connectivity index (χ2n) is 3.55. The largest absolute Gasteiger partial charge is 0.345 e. The molecule has 2 aromatic rings. The summed E-state index contributed by atoms with van der Waals surface area (Å²) < 4.78 is 0. The Hall–Kier alpha value is -2.25. The van der Waals surface area contributed by atoms with E-state index in [9.17, 15) is 4.79 Å². The van der Waals surface area contributed by atoms with E-state index in [0.29, 0.717) is 11.5 Å². The van der Waals surface area contributed by atoms with Gasteiger partial charge in [-0.05, 0) is 18.2 Å². The van der Waals surface area contributed by atoms with Gasteiger partial charge in [0.25, 0.3) is 5.91 Å². The number of amides is 1. The van der Waals surface area contributed by atoms with Crippen molar-refractivity contribution in [2.45, 2.75) is 6.54 Å². The number of pyridine rings is 1. The van der Waals surface area contributed by atoms with E-state index >= 15 is 0 Å². The van der Waals surface area contributed by atoms with Gasteiger partial charge in [-0.3, -0.25) is 4.79 Å². The van der Waals surface area contributed by atoms with Gasteiger partial charge in [-0.2, -0.15) is 0 Å². The Balaban J connectivity index is 2.08. The van der Waals surface area contributed by atoms with E-state index in [0.717, 1.165) is 0 Å². The van der Waals surface area contributed by atoms with Gasteiger partial charge in [0, 0.05) is 6.20 Å². The lowest BCUT2D eigenvalue weighted by atomic mass is 10.3. The Labute approximate surface area is 114 Å². The summed E-state index contributed by atoms with van der Waals surface area (Å²) in [6, 6.07) is 4.82. The molecule has 0 radical (unpaired) electrons. The molecule has 0 saturated carbocycles. The summed E-state index contributed by atoms with van der Waals surface area (Å²) >= 11 is 5.91. The van der Waals surface area contributed by atoms with E-state index < -0.39 is 5.91 Å². The number of hydrogen-bond acceptors (Lipinski definition) is 6. The van der Waals surface area contributed by atoms with Gasteiger partial charge in [-0.15, -0.1) is 0 Å². The molecule has 0 aliphatic rings. The van der Waals surface area contributed by atoms with Gasteiger partial charge in [-0.1, -0.05) is 11.6 Å². The molecule has 0 aliphatic heterocycles. The molecule has 4 N–H and O–H groups in total. The van der Waals surface area contributed by atoms with Gasteiger partial charge in [-0.25, -0.2) is 20.8 Å². The number of nitrogens with zero attached hydrogens (tertiary/aromatic N) is 3. The monoisotopic (exact) mass is 278 g/mol. The molecular formula is C11H11ClN6O. The summed E-state index contributed by atoms with van der Waals surface area (Å²) in [5, 5.41) is 2.91. The topological polar surface area (TPSA) is 106 Å². The van der Waals surface area contributed by atoms with Crippen molar-refractivity contribution in [1.29, 1.82) is 0 Å². The van der Waals surface area contributed by atoms with Gasteiger partial charge < -0.3 is 10.7 Å². The number of nitrogens with two attached hydrogens (primary N) is 1. The molecule has 7 nitrogen and oxygen atoms in total. The Kier molecular flexibility index (Phi) is 4.22. The summed E-state index contributed by atoms with van der Waals surface area (Å²) in [6.45, 7) is 0.264. The van der Waals surface area contributed by atoms with Crippen molar-refractivity contribution in [3.05, 3.63) is 47.1 Å². The van der Waals surface area contributed by atoms with Crippen LogP contribution < -0.4 is 16.6 Å². The molecule has 0 aliphatic carbocycles. The Bertz CT molecular complexity index is 577. The van der Waals surface area contributed by atoms with E-state index in [1.54, 1.807) is 24.4 Å². The summed E-state index contributed by atoms with van der Waals surface area (Å²) in [5.74, 6) is 5.19. The highest BCUT2D eigenvalue weighted by molar-refractivity contribution is 6.33. The van der Waals surface area contributed by atoms with E-state index in [1.807, 2.05) is 0 Å². The minimum atomic E-state index is -0.402. The molecule has 98 valence electrons. The zero-order chi connectivity index (χ0) is 13.7. The number of rotatable bonds is 4. The van der Waals surface area contributed by atoms with E-state index in [1.165, 1.54) is 6.33 Å². The number of halogens is 1. The third kappa shape index (κ3) is 3.36. The fourth-order valence-corrected chi connectivity index (χ4v) is 1.55. The second-order valence-corrected chi connectivity index (χ2v) is 3.96. The normalized spacial score (nSPS) is 10.0. The maximum absolute atomic E-state index is 11.9. The Morgan fingerprint density at radius 1 is 1.37 bits per heavy atom. The average molecular weight is 279 g/mol. The molecular weight excluding hydrogens is 268 g/mol. The first-order valence-corrected chi connectivity index (χ1v) is 5.74. The van der Waals surface area contributed by atoms with E-state index in [-0.39, 0.29) is 17.3 Å². The van der Waals surface area contributed by atoms with Crippen LogP contribution in [0.4, 0.5) is 5.82 Å². The maximum Gasteiger partial charge on any atom is 0.271 e. The molecule has 2 rings (SSSR count). The fourth-order valence-electron chi connectivity index (χ4n) is 1.36. The molecule has 8 heteroatoms. The lowest BCUT2D eigenvalue weighted by Crippen LogP contribution is -2.25. The van der Waals surface area contributed by atoms with Crippen LogP contribution in [0.25, 0.3) is 0 Å². The predicted octanol–water partition coefficient (Wildman–Crippen LogP) is 0.741. The van der Waals surface area contributed by atoms with Crippen molar-refractivity contribution >= 4 is 23.3 Å². The molecule has 0 fully saturated rings. The number of hydrazine groups is 1. The first kappa shape index (κ1) is 13.2. The first-order valence-electron chi connectivity index (χ1n) is 5.37. The Morgan fingerprint density at radius 3 is 2.89 bits per heavy atom. The van der Waals surface area contributed by atoms with Crippen LogP contribution in [-0.4, -0.2) is 20.9 Å². The summed E-state index contributed by atoms with van der Waals surface area (Å²) in [4.78, 5) is 23.7. The van der Waals surface area contributed by atoms with Crippen LogP contribution in [0.3, 0.4) is 0 Å². The quantitative estimate of drug-likeness (QED) is 0.563. The van der Waals surface area contributed by atoms with Crippen LogP contribution in [0, 0.1) is 0 Å². The molecule has 2 aromatic heterocycles. The average Bonchev–Trinajstić information content (AvgIpc) is 2.46. The molecule has 19 heavy (non-hydrogen) atoms. The number of carbonyl (C=O) groups is 1. The van der Waals surface area contributed by atoms with Gasteiger partial charge in [0.1, 0.15) is 17.8 Å². The molecule has 0 saturated heterocycles.